The fourth-order valence-electron chi connectivity index (χ4n) is 2.16. The van der Waals surface area contributed by atoms with Crippen molar-refractivity contribution >= 4 is 27.5 Å². The minimum atomic E-state index is -0.0108. The lowest BCUT2D eigenvalue weighted by molar-refractivity contribution is 0.177. The van der Waals surface area contributed by atoms with E-state index in [1.54, 1.807) is 12.1 Å². The lowest BCUT2D eigenvalue weighted by Gasteiger charge is -1.97. The molecule has 4 aromatic rings. The maximum atomic E-state index is 6.11. The van der Waals surface area contributed by atoms with Gasteiger partial charge in [0.2, 0.25) is 11.7 Å². The SMILES string of the molecule is Clc1ccccc1-c1noc(OCc2nnc(-c3ccc(Br)cc3)o2)n1. The summed E-state index contributed by atoms with van der Waals surface area (Å²) >= 11 is 9.49. The molecule has 0 saturated carbocycles. The Bertz CT molecular complexity index is 1030. The standard InChI is InChI=1S/C17H10BrClN4O3/c18-11-7-5-10(6-8-11)16-22-21-14(25-16)9-24-17-20-15(23-26-17)12-3-1-2-4-13(12)19/h1-8H,9H2. The van der Waals surface area contributed by atoms with Crippen molar-refractivity contribution in [2.24, 2.45) is 0 Å². The molecule has 0 aliphatic carbocycles. The highest BCUT2D eigenvalue weighted by Gasteiger charge is 2.14. The number of nitrogens with zero attached hydrogens (tertiary/aromatic N) is 4. The summed E-state index contributed by atoms with van der Waals surface area (Å²) in [6, 6.07) is 14.7. The van der Waals surface area contributed by atoms with Crippen molar-refractivity contribution in [3.8, 4) is 28.9 Å². The predicted octanol–water partition coefficient (Wildman–Crippen LogP) is 4.78. The van der Waals surface area contributed by atoms with E-state index in [1.807, 2.05) is 36.4 Å². The molecule has 0 aliphatic rings. The lowest BCUT2D eigenvalue weighted by atomic mass is 10.2. The minimum absolute atomic E-state index is 0.00762. The third kappa shape index (κ3) is 3.61. The quantitative estimate of drug-likeness (QED) is 0.447. The van der Waals surface area contributed by atoms with Gasteiger partial charge in [-0.1, -0.05) is 44.8 Å². The van der Waals surface area contributed by atoms with Crippen LogP contribution in [0, 0.1) is 0 Å². The summed E-state index contributed by atoms with van der Waals surface area (Å²) in [5.74, 6) is 1.03. The van der Waals surface area contributed by atoms with Crippen molar-refractivity contribution in [1.29, 1.82) is 0 Å². The highest BCUT2D eigenvalue weighted by atomic mass is 79.9. The maximum absolute atomic E-state index is 6.11. The van der Waals surface area contributed by atoms with Gasteiger partial charge in [0.15, 0.2) is 6.61 Å². The summed E-state index contributed by atoms with van der Waals surface area (Å²) in [6.45, 7) is 0.00762. The highest BCUT2D eigenvalue weighted by Crippen LogP contribution is 2.26. The predicted molar refractivity (Wildman–Crippen MR) is 96.5 cm³/mol. The number of hydrogen-bond donors (Lipinski definition) is 0. The van der Waals surface area contributed by atoms with Crippen LogP contribution in [-0.4, -0.2) is 20.3 Å². The third-order valence-electron chi connectivity index (χ3n) is 3.40. The van der Waals surface area contributed by atoms with Gasteiger partial charge in [-0.05, 0) is 36.4 Å². The zero-order valence-electron chi connectivity index (χ0n) is 13.1. The van der Waals surface area contributed by atoms with E-state index in [9.17, 15) is 0 Å². The van der Waals surface area contributed by atoms with Gasteiger partial charge in [0.25, 0.3) is 5.89 Å². The van der Waals surface area contributed by atoms with Crippen LogP contribution in [0.3, 0.4) is 0 Å². The van der Waals surface area contributed by atoms with E-state index in [2.05, 4.69) is 36.3 Å². The molecule has 0 N–H and O–H groups in total. The number of ether oxygens (including phenoxy) is 1. The second kappa shape index (κ2) is 7.27. The monoisotopic (exact) mass is 432 g/mol. The molecule has 26 heavy (non-hydrogen) atoms. The summed E-state index contributed by atoms with van der Waals surface area (Å²) in [5, 5.41) is 12.3. The van der Waals surface area contributed by atoms with Gasteiger partial charge in [0.05, 0.1) is 5.02 Å². The normalized spacial score (nSPS) is 10.8. The number of aromatic nitrogens is 4. The van der Waals surface area contributed by atoms with E-state index >= 15 is 0 Å². The molecule has 0 radical (unpaired) electrons. The van der Waals surface area contributed by atoms with Crippen LogP contribution in [0.2, 0.25) is 5.02 Å². The second-order valence-corrected chi connectivity index (χ2v) is 6.48. The second-order valence-electron chi connectivity index (χ2n) is 5.16. The molecule has 0 saturated heterocycles. The van der Waals surface area contributed by atoms with E-state index in [0.29, 0.717) is 28.2 Å². The van der Waals surface area contributed by atoms with Crippen LogP contribution in [0.4, 0.5) is 0 Å². The average Bonchev–Trinajstić information content (AvgIpc) is 3.30. The van der Waals surface area contributed by atoms with Gasteiger partial charge < -0.3 is 9.15 Å². The number of rotatable bonds is 5. The molecule has 2 aromatic heterocycles. The van der Waals surface area contributed by atoms with E-state index in [1.165, 1.54) is 0 Å². The Kier molecular flexibility index (Phi) is 4.68. The summed E-state index contributed by atoms with van der Waals surface area (Å²) in [7, 11) is 0. The van der Waals surface area contributed by atoms with Crippen LogP contribution in [0.15, 0.2) is 61.9 Å². The molecule has 0 aliphatic heterocycles. The van der Waals surface area contributed by atoms with Gasteiger partial charge in [-0.3, -0.25) is 4.52 Å². The maximum Gasteiger partial charge on any atom is 0.418 e. The highest BCUT2D eigenvalue weighted by molar-refractivity contribution is 9.10. The smallest absolute Gasteiger partial charge is 0.418 e. The fourth-order valence-corrected chi connectivity index (χ4v) is 2.65. The number of benzene rings is 2. The van der Waals surface area contributed by atoms with E-state index in [-0.39, 0.29) is 12.7 Å². The third-order valence-corrected chi connectivity index (χ3v) is 4.26. The minimum Gasteiger partial charge on any atom is -0.439 e. The lowest BCUT2D eigenvalue weighted by Crippen LogP contribution is -1.95. The van der Waals surface area contributed by atoms with Gasteiger partial charge in [-0.15, -0.1) is 10.2 Å². The summed E-state index contributed by atoms with van der Waals surface area (Å²) in [5.41, 5.74) is 1.47. The Morgan fingerprint density at radius 2 is 1.85 bits per heavy atom. The Hall–Kier alpha value is -2.71. The zero-order valence-corrected chi connectivity index (χ0v) is 15.4. The van der Waals surface area contributed by atoms with Gasteiger partial charge in [0.1, 0.15) is 0 Å². The fraction of sp³-hybridized carbons (Fsp3) is 0.0588. The number of hydrogen-bond acceptors (Lipinski definition) is 7. The molecule has 2 aromatic carbocycles. The van der Waals surface area contributed by atoms with Crippen LogP contribution in [-0.2, 0) is 6.61 Å². The average molecular weight is 434 g/mol. The van der Waals surface area contributed by atoms with E-state index < -0.39 is 0 Å². The number of halogens is 2. The van der Waals surface area contributed by atoms with Crippen molar-refractivity contribution in [1.82, 2.24) is 20.3 Å². The summed E-state index contributed by atoms with van der Waals surface area (Å²) in [6.07, 6.45) is -0.0108. The molecule has 0 atom stereocenters. The Balaban J connectivity index is 1.44. The zero-order chi connectivity index (χ0) is 17.9. The molecular formula is C17H10BrClN4O3. The van der Waals surface area contributed by atoms with Gasteiger partial charge in [-0.2, -0.15) is 4.98 Å². The van der Waals surface area contributed by atoms with Crippen LogP contribution in [0.25, 0.3) is 22.8 Å². The first kappa shape index (κ1) is 16.7. The molecule has 0 spiro atoms. The van der Waals surface area contributed by atoms with Gasteiger partial charge >= 0.3 is 6.08 Å². The van der Waals surface area contributed by atoms with Crippen molar-refractivity contribution < 1.29 is 13.7 Å². The van der Waals surface area contributed by atoms with Crippen molar-refractivity contribution in [3.63, 3.8) is 0 Å². The Labute approximate surface area is 161 Å². The molecule has 4 rings (SSSR count). The molecule has 0 fully saturated rings. The molecule has 130 valence electrons. The Morgan fingerprint density at radius 3 is 2.65 bits per heavy atom. The van der Waals surface area contributed by atoms with Crippen molar-refractivity contribution in [3.05, 3.63) is 63.9 Å². The van der Waals surface area contributed by atoms with Crippen LogP contribution >= 0.6 is 27.5 Å². The van der Waals surface area contributed by atoms with Crippen molar-refractivity contribution in [2.75, 3.05) is 0 Å². The molecule has 0 unspecified atom stereocenters. The first-order chi connectivity index (χ1) is 12.7. The summed E-state index contributed by atoms with van der Waals surface area (Å²) in [4.78, 5) is 4.15. The molecular weight excluding hydrogens is 424 g/mol. The van der Waals surface area contributed by atoms with Gasteiger partial charge in [-0.25, -0.2) is 0 Å². The molecule has 7 nitrogen and oxygen atoms in total. The molecule has 2 heterocycles. The van der Waals surface area contributed by atoms with E-state index in [0.717, 1.165) is 10.0 Å². The van der Waals surface area contributed by atoms with Crippen molar-refractivity contribution in [2.45, 2.75) is 6.61 Å². The van der Waals surface area contributed by atoms with Crippen LogP contribution in [0.1, 0.15) is 5.89 Å². The molecule has 0 amide bonds. The van der Waals surface area contributed by atoms with Crippen LogP contribution < -0.4 is 4.74 Å². The first-order valence-electron chi connectivity index (χ1n) is 7.49. The largest absolute Gasteiger partial charge is 0.439 e. The summed E-state index contributed by atoms with van der Waals surface area (Å²) < 4.78 is 17.0. The Morgan fingerprint density at radius 1 is 1.04 bits per heavy atom. The molecule has 9 heteroatoms. The van der Waals surface area contributed by atoms with Gasteiger partial charge in [0, 0.05) is 15.6 Å². The molecule has 0 bridgehead atoms. The van der Waals surface area contributed by atoms with E-state index in [4.69, 9.17) is 25.3 Å². The first-order valence-corrected chi connectivity index (χ1v) is 8.66. The van der Waals surface area contributed by atoms with Crippen LogP contribution in [0.5, 0.6) is 6.08 Å². The topological polar surface area (TPSA) is 87.1 Å².